The Kier molecular flexibility index (Phi) is 3.52. The third kappa shape index (κ3) is 2.70. The lowest BCUT2D eigenvalue weighted by Gasteiger charge is -2.36. The van der Waals surface area contributed by atoms with Gasteiger partial charge in [-0.2, -0.15) is 5.26 Å². The minimum Gasteiger partial charge on any atom is -0.394 e. The van der Waals surface area contributed by atoms with Crippen molar-refractivity contribution in [2.45, 2.75) is 18.4 Å². The summed E-state index contributed by atoms with van der Waals surface area (Å²) in [6.07, 6.45) is 2.92. The highest BCUT2D eigenvalue weighted by Gasteiger charge is 2.32. The molecule has 1 saturated heterocycles. The zero-order valence-electron chi connectivity index (χ0n) is 9.39. The molecule has 0 bridgehead atoms. The lowest BCUT2D eigenvalue weighted by molar-refractivity contribution is 0.0377. The summed E-state index contributed by atoms with van der Waals surface area (Å²) >= 11 is 0. The number of nitrogens with one attached hydrogen (secondary N) is 1. The number of hydrogen-bond donors (Lipinski definition) is 2. The molecular formula is C11H14N4O2. The quantitative estimate of drug-likeness (QED) is 0.781. The Morgan fingerprint density at radius 2 is 2.29 bits per heavy atom. The molecule has 6 heteroatoms. The van der Waals surface area contributed by atoms with Gasteiger partial charge in [0.25, 0.3) is 0 Å². The Hall–Kier alpha value is -1.71. The topological polar surface area (TPSA) is 91.1 Å². The first-order valence-electron chi connectivity index (χ1n) is 5.48. The Morgan fingerprint density at radius 3 is 2.94 bits per heavy atom. The van der Waals surface area contributed by atoms with E-state index in [-0.39, 0.29) is 6.61 Å². The lowest BCUT2D eigenvalue weighted by atomic mass is 9.91. The molecule has 2 N–H and O–H groups in total. The summed E-state index contributed by atoms with van der Waals surface area (Å²) in [4.78, 5) is 8.09. The first kappa shape index (κ1) is 11.8. The summed E-state index contributed by atoms with van der Waals surface area (Å²) in [6, 6.07) is 3.50. The number of aliphatic hydroxyl groups excluding tert-OH is 1. The van der Waals surface area contributed by atoms with E-state index in [1.54, 1.807) is 6.07 Å². The van der Waals surface area contributed by atoms with Crippen LogP contribution in [0.15, 0.2) is 12.3 Å². The molecule has 0 saturated carbocycles. The van der Waals surface area contributed by atoms with Crippen molar-refractivity contribution in [3.63, 3.8) is 0 Å². The standard InChI is InChI=1S/C11H14N4O2/c12-7-9-1-4-13-10(14-9)15-11(8-16)2-5-17-6-3-11/h1,4,16H,2-3,5-6,8H2,(H,13,14,15). The number of aliphatic hydroxyl groups is 1. The Bertz CT molecular complexity index is 424. The highest BCUT2D eigenvalue weighted by atomic mass is 16.5. The molecule has 0 unspecified atom stereocenters. The van der Waals surface area contributed by atoms with E-state index in [2.05, 4.69) is 15.3 Å². The van der Waals surface area contributed by atoms with E-state index in [1.165, 1.54) is 6.20 Å². The summed E-state index contributed by atoms with van der Waals surface area (Å²) in [7, 11) is 0. The number of aromatic nitrogens is 2. The second-order valence-corrected chi connectivity index (χ2v) is 4.05. The summed E-state index contributed by atoms with van der Waals surface area (Å²) in [5, 5.41) is 21.4. The van der Waals surface area contributed by atoms with E-state index >= 15 is 0 Å². The molecule has 1 aromatic rings. The van der Waals surface area contributed by atoms with Crippen LogP contribution in [0.2, 0.25) is 0 Å². The van der Waals surface area contributed by atoms with Gasteiger partial charge in [-0.3, -0.25) is 0 Å². The van der Waals surface area contributed by atoms with E-state index in [1.807, 2.05) is 6.07 Å². The molecule has 2 heterocycles. The molecule has 1 aliphatic rings. The van der Waals surface area contributed by atoms with Crippen LogP contribution in [0, 0.1) is 11.3 Å². The predicted octanol–water partition coefficient (Wildman–Crippen LogP) is 0.302. The normalized spacial score (nSPS) is 18.4. The average molecular weight is 234 g/mol. The van der Waals surface area contributed by atoms with Crippen molar-refractivity contribution >= 4 is 5.95 Å². The van der Waals surface area contributed by atoms with Crippen LogP contribution in [0.4, 0.5) is 5.95 Å². The molecule has 6 nitrogen and oxygen atoms in total. The number of ether oxygens (including phenoxy) is 1. The van der Waals surface area contributed by atoms with E-state index in [4.69, 9.17) is 10.00 Å². The monoisotopic (exact) mass is 234 g/mol. The second-order valence-electron chi connectivity index (χ2n) is 4.05. The first-order valence-corrected chi connectivity index (χ1v) is 5.48. The molecule has 1 aromatic heterocycles. The van der Waals surface area contributed by atoms with Crippen molar-refractivity contribution in [2.75, 3.05) is 25.1 Å². The molecule has 0 aliphatic carbocycles. The van der Waals surface area contributed by atoms with Crippen LogP contribution in [-0.4, -0.2) is 40.4 Å². The van der Waals surface area contributed by atoms with Gasteiger partial charge in [0.2, 0.25) is 5.95 Å². The van der Waals surface area contributed by atoms with Crippen molar-refractivity contribution in [3.8, 4) is 6.07 Å². The molecule has 1 aliphatic heterocycles. The van der Waals surface area contributed by atoms with Gasteiger partial charge in [0.15, 0.2) is 0 Å². The largest absolute Gasteiger partial charge is 0.394 e. The highest BCUT2D eigenvalue weighted by molar-refractivity contribution is 5.33. The number of nitriles is 1. The van der Waals surface area contributed by atoms with Crippen LogP contribution in [-0.2, 0) is 4.74 Å². The number of hydrogen-bond acceptors (Lipinski definition) is 6. The van der Waals surface area contributed by atoms with Crippen LogP contribution in [0.3, 0.4) is 0 Å². The van der Waals surface area contributed by atoms with Gasteiger partial charge in [-0.25, -0.2) is 9.97 Å². The summed E-state index contributed by atoms with van der Waals surface area (Å²) in [5.41, 5.74) is -0.130. The maximum Gasteiger partial charge on any atom is 0.224 e. The fourth-order valence-electron chi connectivity index (χ4n) is 1.80. The Labute approximate surface area is 99.3 Å². The molecule has 2 rings (SSSR count). The summed E-state index contributed by atoms with van der Waals surface area (Å²) in [5.74, 6) is 0.375. The van der Waals surface area contributed by atoms with E-state index in [0.29, 0.717) is 37.7 Å². The molecular weight excluding hydrogens is 220 g/mol. The third-order valence-electron chi connectivity index (χ3n) is 2.90. The highest BCUT2D eigenvalue weighted by Crippen LogP contribution is 2.23. The maximum absolute atomic E-state index is 9.49. The van der Waals surface area contributed by atoms with E-state index in [0.717, 1.165) is 0 Å². The van der Waals surface area contributed by atoms with Crippen LogP contribution in [0.5, 0.6) is 0 Å². The predicted molar refractivity (Wildman–Crippen MR) is 60.2 cm³/mol. The number of anilines is 1. The van der Waals surface area contributed by atoms with Gasteiger partial charge in [0, 0.05) is 19.4 Å². The minimum atomic E-state index is -0.438. The Morgan fingerprint density at radius 1 is 1.53 bits per heavy atom. The van der Waals surface area contributed by atoms with Gasteiger partial charge in [0.05, 0.1) is 12.1 Å². The summed E-state index contributed by atoms with van der Waals surface area (Å²) in [6.45, 7) is 1.20. The van der Waals surface area contributed by atoms with Crippen LogP contribution < -0.4 is 5.32 Å². The minimum absolute atomic E-state index is 0.00347. The molecule has 0 spiro atoms. The smallest absolute Gasteiger partial charge is 0.224 e. The SMILES string of the molecule is N#Cc1ccnc(NC2(CO)CCOCC2)n1. The molecule has 1 fully saturated rings. The number of rotatable bonds is 3. The fourth-order valence-corrected chi connectivity index (χ4v) is 1.80. The second kappa shape index (κ2) is 5.08. The fraction of sp³-hybridized carbons (Fsp3) is 0.545. The molecule has 0 amide bonds. The van der Waals surface area contributed by atoms with Crippen molar-refractivity contribution in [3.05, 3.63) is 18.0 Å². The molecule has 0 atom stereocenters. The van der Waals surface area contributed by atoms with Gasteiger partial charge < -0.3 is 15.2 Å². The van der Waals surface area contributed by atoms with Crippen LogP contribution in [0.1, 0.15) is 18.5 Å². The van der Waals surface area contributed by atoms with Gasteiger partial charge in [-0.15, -0.1) is 0 Å². The van der Waals surface area contributed by atoms with Gasteiger partial charge in [-0.1, -0.05) is 0 Å². The number of nitrogens with zero attached hydrogens (tertiary/aromatic N) is 3. The van der Waals surface area contributed by atoms with Gasteiger partial charge >= 0.3 is 0 Å². The van der Waals surface area contributed by atoms with Crippen molar-refractivity contribution in [1.29, 1.82) is 5.26 Å². The van der Waals surface area contributed by atoms with Crippen LogP contribution in [0.25, 0.3) is 0 Å². The first-order chi connectivity index (χ1) is 8.28. The maximum atomic E-state index is 9.49. The lowest BCUT2D eigenvalue weighted by Crippen LogP contribution is -2.47. The van der Waals surface area contributed by atoms with Crippen molar-refractivity contribution in [2.24, 2.45) is 0 Å². The third-order valence-corrected chi connectivity index (χ3v) is 2.90. The molecule has 0 aromatic carbocycles. The Balaban J connectivity index is 2.14. The summed E-state index contributed by atoms with van der Waals surface area (Å²) < 4.78 is 5.26. The van der Waals surface area contributed by atoms with Gasteiger partial charge in [-0.05, 0) is 18.9 Å². The zero-order valence-corrected chi connectivity index (χ0v) is 9.39. The molecule has 0 radical (unpaired) electrons. The molecule has 17 heavy (non-hydrogen) atoms. The van der Waals surface area contributed by atoms with E-state index < -0.39 is 5.54 Å². The van der Waals surface area contributed by atoms with E-state index in [9.17, 15) is 5.11 Å². The zero-order chi connectivity index (χ0) is 12.1. The van der Waals surface area contributed by atoms with Crippen molar-refractivity contribution in [1.82, 2.24) is 9.97 Å². The van der Waals surface area contributed by atoms with Crippen molar-refractivity contribution < 1.29 is 9.84 Å². The van der Waals surface area contributed by atoms with Gasteiger partial charge in [0.1, 0.15) is 11.8 Å². The molecule has 90 valence electrons. The van der Waals surface area contributed by atoms with Crippen LogP contribution >= 0.6 is 0 Å². The average Bonchev–Trinajstić information content (AvgIpc) is 2.40.